The number of hydrogen-bond donors (Lipinski definition) is 2. The van der Waals surface area contributed by atoms with Gasteiger partial charge in [-0.3, -0.25) is 0 Å². The van der Waals surface area contributed by atoms with Gasteiger partial charge in [0.15, 0.2) is 0 Å². The number of halogens is 4. The first-order valence-electron chi connectivity index (χ1n) is 11.4. The summed E-state index contributed by atoms with van der Waals surface area (Å²) in [7, 11) is 0. The fourth-order valence-corrected chi connectivity index (χ4v) is 4.59. The lowest BCUT2D eigenvalue weighted by molar-refractivity contribution is -0.249. The number of nitrogens with one attached hydrogen (secondary N) is 1. The van der Waals surface area contributed by atoms with Crippen LogP contribution in [0.2, 0.25) is 0 Å². The molecule has 0 saturated carbocycles. The average molecular weight is 526 g/mol. The first kappa shape index (κ1) is 26.4. The van der Waals surface area contributed by atoms with Crippen molar-refractivity contribution in [1.82, 2.24) is 9.97 Å². The number of hydrogen-bond acceptors (Lipinski definition) is 7. The molecule has 1 unspecified atom stereocenters. The molecule has 6 nitrogen and oxygen atoms in total. The summed E-state index contributed by atoms with van der Waals surface area (Å²) in [6.07, 6.45) is 2.61. The lowest BCUT2D eigenvalue weighted by Gasteiger charge is -2.27. The number of thioether (sulfide) groups is 1. The van der Waals surface area contributed by atoms with Crippen molar-refractivity contribution in [2.75, 3.05) is 24.8 Å². The number of aryl methyl sites for hydroxylation is 1. The second-order valence-electron chi connectivity index (χ2n) is 8.85. The van der Waals surface area contributed by atoms with Crippen LogP contribution in [0.5, 0.6) is 5.75 Å². The van der Waals surface area contributed by atoms with Gasteiger partial charge in [0.1, 0.15) is 29.3 Å². The third-order valence-electron chi connectivity index (χ3n) is 6.03. The molecule has 0 aliphatic carbocycles. The van der Waals surface area contributed by atoms with Crippen LogP contribution in [0, 0.1) is 12.7 Å². The first-order valence-corrected chi connectivity index (χ1v) is 12.6. The monoisotopic (exact) mass is 525 g/mol. The number of anilines is 1. The molecule has 2 aromatic carbocycles. The van der Waals surface area contributed by atoms with Crippen LogP contribution in [0.4, 0.5) is 23.4 Å². The highest BCUT2D eigenvalue weighted by atomic mass is 32.2. The molecule has 3 aromatic rings. The highest BCUT2D eigenvalue weighted by molar-refractivity contribution is 7.98. The maximum absolute atomic E-state index is 15.2. The standard InChI is InChI=1S/C25H27F4N3O3S/c1-13(16-6-5-7-18(22(16)26)25(28,29)24(3,27)33)30-23-17-10-20(35-15-8-9-34-12-15)21(36-4)11-19(17)31-14(2)32-23/h5-7,10-11,13,15,33H,8-9,12H2,1-4H3,(H,30,31,32)/t13-,15+,24?/m1/s1. The Morgan fingerprint density at radius 2 is 2.00 bits per heavy atom. The molecular weight excluding hydrogens is 498 g/mol. The summed E-state index contributed by atoms with van der Waals surface area (Å²) in [6, 6.07) is 6.10. The average Bonchev–Trinajstić information content (AvgIpc) is 3.31. The molecule has 0 amide bonds. The summed E-state index contributed by atoms with van der Waals surface area (Å²) >= 11 is 1.51. The van der Waals surface area contributed by atoms with Crippen molar-refractivity contribution in [3.05, 3.63) is 53.1 Å². The van der Waals surface area contributed by atoms with Crippen molar-refractivity contribution < 1.29 is 32.1 Å². The van der Waals surface area contributed by atoms with E-state index in [-0.39, 0.29) is 18.6 Å². The van der Waals surface area contributed by atoms with Crippen molar-refractivity contribution in [3.8, 4) is 5.75 Å². The Hall–Kier alpha value is -2.63. The molecule has 1 aliphatic heterocycles. The van der Waals surface area contributed by atoms with Crippen molar-refractivity contribution >= 4 is 28.5 Å². The number of ether oxygens (including phenoxy) is 2. The summed E-state index contributed by atoms with van der Waals surface area (Å²) in [6.45, 7) is 4.68. The van der Waals surface area contributed by atoms with Crippen molar-refractivity contribution in [2.45, 2.75) is 56.0 Å². The maximum Gasteiger partial charge on any atom is 0.333 e. The minimum Gasteiger partial charge on any atom is -0.487 e. The summed E-state index contributed by atoms with van der Waals surface area (Å²) in [5.41, 5.74) is -0.740. The van der Waals surface area contributed by atoms with E-state index in [1.54, 1.807) is 19.9 Å². The van der Waals surface area contributed by atoms with E-state index in [0.29, 0.717) is 41.5 Å². The lowest BCUT2D eigenvalue weighted by Crippen LogP contribution is -2.39. The molecule has 2 N–H and O–H groups in total. The van der Waals surface area contributed by atoms with Crippen molar-refractivity contribution in [1.29, 1.82) is 0 Å². The number of rotatable bonds is 8. The predicted octanol–water partition coefficient (Wildman–Crippen LogP) is 5.91. The Kier molecular flexibility index (Phi) is 7.36. The molecular formula is C25H27F4N3O3S. The zero-order chi connectivity index (χ0) is 26.3. The van der Waals surface area contributed by atoms with Gasteiger partial charge in [-0.25, -0.2) is 18.7 Å². The first-order chi connectivity index (χ1) is 16.9. The van der Waals surface area contributed by atoms with E-state index in [0.717, 1.165) is 17.4 Å². The third-order valence-corrected chi connectivity index (χ3v) is 6.79. The molecule has 2 heterocycles. The Balaban J connectivity index is 1.72. The van der Waals surface area contributed by atoms with Crippen LogP contribution in [-0.2, 0) is 10.7 Å². The normalized spacial score (nSPS) is 18.8. The van der Waals surface area contributed by atoms with E-state index in [1.165, 1.54) is 23.9 Å². The number of benzene rings is 2. The molecule has 1 aliphatic rings. The Labute approximate surface area is 210 Å². The second-order valence-corrected chi connectivity index (χ2v) is 9.69. The number of aliphatic hydroxyl groups is 1. The van der Waals surface area contributed by atoms with Crippen LogP contribution < -0.4 is 10.1 Å². The van der Waals surface area contributed by atoms with E-state index in [1.807, 2.05) is 12.3 Å². The molecule has 0 bridgehead atoms. The van der Waals surface area contributed by atoms with Gasteiger partial charge in [-0.05, 0) is 38.3 Å². The van der Waals surface area contributed by atoms with Gasteiger partial charge in [0.25, 0.3) is 5.85 Å². The van der Waals surface area contributed by atoms with Crippen LogP contribution in [0.3, 0.4) is 0 Å². The Morgan fingerprint density at radius 1 is 1.25 bits per heavy atom. The van der Waals surface area contributed by atoms with E-state index < -0.39 is 29.2 Å². The van der Waals surface area contributed by atoms with Gasteiger partial charge in [0, 0.05) is 24.3 Å². The smallest absolute Gasteiger partial charge is 0.333 e. The van der Waals surface area contributed by atoms with Crippen LogP contribution in [0.1, 0.15) is 43.3 Å². The molecule has 1 aromatic heterocycles. The zero-order valence-electron chi connectivity index (χ0n) is 20.2. The SMILES string of the molecule is CSc1cc2nc(C)nc(N[C@H](C)c3cccc(C(F)(F)C(C)(O)F)c3F)c2cc1O[C@H]1CCOC1. The number of aromatic nitrogens is 2. The van der Waals surface area contributed by atoms with Gasteiger partial charge in [-0.1, -0.05) is 12.1 Å². The summed E-state index contributed by atoms with van der Waals surface area (Å²) in [4.78, 5) is 9.84. The van der Waals surface area contributed by atoms with Crippen LogP contribution in [0.15, 0.2) is 35.2 Å². The van der Waals surface area contributed by atoms with E-state index in [4.69, 9.17) is 9.47 Å². The van der Waals surface area contributed by atoms with Gasteiger partial charge in [0.2, 0.25) is 0 Å². The molecule has 0 spiro atoms. The minimum absolute atomic E-state index is 0.0822. The highest BCUT2D eigenvalue weighted by Gasteiger charge is 2.53. The molecule has 1 fully saturated rings. The number of alkyl halides is 3. The summed E-state index contributed by atoms with van der Waals surface area (Å²) < 4.78 is 69.3. The summed E-state index contributed by atoms with van der Waals surface area (Å²) in [5, 5.41) is 13.0. The molecule has 36 heavy (non-hydrogen) atoms. The largest absolute Gasteiger partial charge is 0.487 e. The van der Waals surface area contributed by atoms with Crippen LogP contribution in [0.25, 0.3) is 10.9 Å². The number of fused-ring (bicyclic) bond motifs is 1. The highest BCUT2D eigenvalue weighted by Crippen LogP contribution is 2.42. The van der Waals surface area contributed by atoms with E-state index in [2.05, 4.69) is 15.3 Å². The fourth-order valence-electron chi connectivity index (χ4n) is 4.06. The van der Waals surface area contributed by atoms with E-state index in [9.17, 15) is 18.3 Å². The third kappa shape index (κ3) is 5.09. The van der Waals surface area contributed by atoms with Gasteiger partial charge >= 0.3 is 5.92 Å². The van der Waals surface area contributed by atoms with Crippen molar-refractivity contribution in [2.24, 2.45) is 0 Å². The quantitative estimate of drug-likeness (QED) is 0.280. The molecule has 194 valence electrons. The zero-order valence-corrected chi connectivity index (χ0v) is 21.1. The molecule has 4 rings (SSSR count). The lowest BCUT2D eigenvalue weighted by atomic mass is 9.96. The van der Waals surface area contributed by atoms with Gasteiger partial charge < -0.3 is 19.9 Å². The van der Waals surface area contributed by atoms with Crippen LogP contribution in [-0.4, -0.2) is 46.5 Å². The maximum atomic E-state index is 15.2. The van der Waals surface area contributed by atoms with Crippen LogP contribution >= 0.6 is 11.8 Å². The number of nitrogens with zero attached hydrogens (tertiary/aromatic N) is 2. The minimum atomic E-state index is -4.45. The van der Waals surface area contributed by atoms with Gasteiger partial charge in [0.05, 0.1) is 35.2 Å². The molecule has 3 atom stereocenters. The Morgan fingerprint density at radius 3 is 2.64 bits per heavy atom. The molecule has 0 radical (unpaired) electrons. The fraction of sp³-hybridized carbons (Fsp3) is 0.440. The predicted molar refractivity (Wildman–Crippen MR) is 130 cm³/mol. The topological polar surface area (TPSA) is 76.5 Å². The molecule has 1 saturated heterocycles. The van der Waals surface area contributed by atoms with Crippen molar-refractivity contribution in [3.63, 3.8) is 0 Å². The van der Waals surface area contributed by atoms with Gasteiger partial charge in [-0.2, -0.15) is 8.78 Å². The van der Waals surface area contributed by atoms with Gasteiger partial charge in [-0.15, -0.1) is 11.8 Å². The summed E-state index contributed by atoms with van der Waals surface area (Å²) in [5.74, 6) is -8.25. The van der Waals surface area contributed by atoms with E-state index >= 15 is 4.39 Å². The molecule has 11 heteroatoms. The second kappa shape index (κ2) is 10.0. The Bertz CT molecular complexity index is 1260.